The molecule has 1 aromatic carbocycles. The van der Waals surface area contributed by atoms with Crippen LogP contribution in [0.2, 0.25) is 0 Å². The largest absolute Gasteiger partial charge is 0.494 e. The summed E-state index contributed by atoms with van der Waals surface area (Å²) < 4.78 is 5.57. The highest BCUT2D eigenvalue weighted by atomic mass is 16.5. The highest BCUT2D eigenvalue weighted by Gasteiger charge is 2.30. The van der Waals surface area contributed by atoms with E-state index in [0.29, 0.717) is 26.0 Å². The first-order chi connectivity index (χ1) is 9.68. The maximum atomic E-state index is 11.8. The van der Waals surface area contributed by atoms with Crippen LogP contribution in [0.1, 0.15) is 19.3 Å². The number of nitrogens with one attached hydrogen (secondary N) is 1. The van der Waals surface area contributed by atoms with E-state index in [9.17, 15) is 9.59 Å². The first kappa shape index (κ1) is 14.5. The fourth-order valence-electron chi connectivity index (χ4n) is 2.16. The van der Waals surface area contributed by atoms with Gasteiger partial charge in [-0.3, -0.25) is 14.5 Å². The molecule has 1 aromatic rings. The van der Waals surface area contributed by atoms with Crippen LogP contribution in [0.3, 0.4) is 0 Å². The van der Waals surface area contributed by atoms with Crippen LogP contribution in [-0.4, -0.2) is 43.0 Å². The molecule has 2 rings (SSSR count). The zero-order valence-electron chi connectivity index (χ0n) is 11.7. The van der Waals surface area contributed by atoms with Gasteiger partial charge in [-0.1, -0.05) is 18.2 Å². The van der Waals surface area contributed by atoms with Crippen LogP contribution in [0.15, 0.2) is 30.3 Å². The molecule has 5 heteroatoms. The second kappa shape index (κ2) is 7.05. The third-order valence-corrected chi connectivity index (χ3v) is 3.37. The van der Waals surface area contributed by atoms with Gasteiger partial charge >= 0.3 is 0 Å². The van der Waals surface area contributed by atoms with Crippen LogP contribution in [0.5, 0.6) is 5.75 Å². The van der Waals surface area contributed by atoms with Crippen molar-refractivity contribution < 1.29 is 14.3 Å². The normalized spacial score (nSPS) is 19.2. The zero-order chi connectivity index (χ0) is 14.4. The summed E-state index contributed by atoms with van der Waals surface area (Å²) in [6.45, 7) is 1.30. The van der Waals surface area contributed by atoms with Crippen LogP contribution >= 0.6 is 0 Å². The standard InChI is InChI=1S/C15H20N2O3/c1-17-14(18)9-8-13(15(17)19)16-10-5-11-20-12-6-3-2-4-7-12/h2-4,6-7,13,16H,5,8-11H2,1H3. The number of amides is 2. The first-order valence-corrected chi connectivity index (χ1v) is 6.90. The van der Waals surface area contributed by atoms with E-state index in [2.05, 4.69) is 5.32 Å². The average molecular weight is 276 g/mol. The van der Waals surface area contributed by atoms with E-state index in [1.807, 2.05) is 30.3 Å². The molecule has 2 amide bonds. The zero-order valence-corrected chi connectivity index (χ0v) is 11.7. The summed E-state index contributed by atoms with van der Waals surface area (Å²) in [5.41, 5.74) is 0. The average Bonchev–Trinajstić information content (AvgIpc) is 2.48. The quantitative estimate of drug-likeness (QED) is 0.626. The molecule has 1 aliphatic heterocycles. The number of benzene rings is 1. The monoisotopic (exact) mass is 276 g/mol. The minimum Gasteiger partial charge on any atom is -0.494 e. The molecule has 0 radical (unpaired) electrons. The molecule has 0 aliphatic carbocycles. The molecule has 0 bridgehead atoms. The fourth-order valence-corrected chi connectivity index (χ4v) is 2.16. The van der Waals surface area contributed by atoms with E-state index in [1.165, 1.54) is 11.9 Å². The molecule has 108 valence electrons. The number of piperidine rings is 1. The molecule has 1 atom stereocenters. The maximum absolute atomic E-state index is 11.8. The summed E-state index contributed by atoms with van der Waals surface area (Å²) in [6, 6.07) is 9.40. The van der Waals surface area contributed by atoms with Gasteiger partial charge in [0.15, 0.2) is 0 Å². The van der Waals surface area contributed by atoms with Gasteiger partial charge < -0.3 is 10.1 Å². The molecule has 0 spiro atoms. The van der Waals surface area contributed by atoms with Gasteiger partial charge in [0.25, 0.3) is 0 Å². The number of para-hydroxylation sites is 1. The van der Waals surface area contributed by atoms with Crippen molar-refractivity contribution in [1.82, 2.24) is 10.2 Å². The Kier molecular flexibility index (Phi) is 5.12. The SMILES string of the molecule is CN1C(=O)CCC(NCCCOc2ccccc2)C1=O. The number of carbonyl (C=O) groups excluding carboxylic acids is 2. The Labute approximate surface area is 118 Å². The van der Waals surface area contributed by atoms with E-state index in [1.54, 1.807) is 0 Å². The van der Waals surface area contributed by atoms with E-state index >= 15 is 0 Å². The smallest absolute Gasteiger partial charge is 0.246 e. The maximum Gasteiger partial charge on any atom is 0.246 e. The predicted molar refractivity (Wildman–Crippen MR) is 75.4 cm³/mol. The van der Waals surface area contributed by atoms with Crippen molar-refractivity contribution >= 4 is 11.8 Å². The van der Waals surface area contributed by atoms with Crippen molar-refractivity contribution in [2.45, 2.75) is 25.3 Å². The Balaban J connectivity index is 1.64. The van der Waals surface area contributed by atoms with Crippen molar-refractivity contribution in [2.75, 3.05) is 20.2 Å². The topological polar surface area (TPSA) is 58.6 Å². The van der Waals surface area contributed by atoms with Crippen molar-refractivity contribution in [2.24, 2.45) is 0 Å². The van der Waals surface area contributed by atoms with Gasteiger partial charge in [0.2, 0.25) is 11.8 Å². The molecule has 1 aliphatic rings. The van der Waals surface area contributed by atoms with Crippen LogP contribution in [0.25, 0.3) is 0 Å². The van der Waals surface area contributed by atoms with Gasteiger partial charge in [-0.05, 0) is 31.5 Å². The molecule has 1 unspecified atom stereocenters. The Morgan fingerprint density at radius 1 is 1.30 bits per heavy atom. The molecule has 1 N–H and O–H groups in total. The Bertz CT molecular complexity index is 461. The number of hydrogen-bond acceptors (Lipinski definition) is 4. The Hall–Kier alpha value is -1.88. The molecular weight excluding hydrogens is 256 g/mol. The second-order valence-electron chi connectivity index (χ2n) is 4.85. The molecule has 0 aromatic heterocycles. The molecule has 1 saturated heterocycles. The third kappa shape index (κ3) is 3.81. The number of likely N-dealkylation sites (tertiary alicyclic amines) is 1. The van der Waals surface area contributed by atoms with E-state index in [0.717, 1.165) is 12.2 Å². The number of carbonyl (C=O) groups is 2. The molecule has 1 heterocycles. The van der Waals surface area contributed by atoms with Crippen molar-refractivity contribution in [3.63, 3.8) is 0 Å². The summed E-state index contributed by atoms with van der Waals surface area (Å²) in [6.07, 6.45) is 1.83. The van der Waals surface area contributed by atoms with E-state index in [4.69, 9.17) is 4.74 Å². The first-order valence-electron chi connectivity index (χ1n) is 6.90. The second-order valence-corrected chi connectivity index (χ2v) is 4.85. The number of hydrogen-bond donors (Lipinski definition) is 1. The van der Waals surface area contributed by atoms with Crippen LogP contribution in [-0.2, 0) is 9.59 Å². The van der Waals surface area contributed by atoms with Crippen molar-refractivity contribution in [3.05, 3.63) is 30.3 Å². The van der Waals surface area contributed by atoms with Gasteiger partial charge in [0.05, 0.1) is 12.6 Å². The van der Waals surface area contributed by atoms with E-state index in [-0.39, 0.29) is 17.9 Å². The molecule has 0 saturated carbocycles. The number of likely N-dealkylation sites (N-methyl/N-ethyl adjacent to an activating group) is 1. The number of rotatable bonds is 6. The van der Waals surface area contributed by atoms with Gasteiger partial charge in [-0.25, -0.2) is 0 Å². The Morgan fingerprint density at radius 2 is 2.05 bits per heavy atom. The van der Waals surface area contributed by atoms with Crippen molar-refractivity contribution in [3.8, 4) is 5.75 Å². The third-order valence-electron chi connectivity index (χ3n) is 3.37. The molecule has 5 nitrogen and oxygen atoms in total. The lowest BCUT2D eigenvalue weighted by molar-refractivity contribution is -0.148. The summed E-state index contributed by atoms with van der Waals surface area (Å²) in [5.74, 6) is 0.622. The minimum atomic E-state index is -0.241. The lowest BCUT2D eigenvalue weighted by Gasteiger charge is -2.28. The Morgan fingerprint density at radius 3 is 2.80 bits per heavy atom. The van der Waals surface area contributed by atoms with Crippen LogP contribution < -0.4 is 10.1 Å². The molecule has 1 fully saturated rings. The fraction of sp³-hybridized carbons (Fsp3) is 0.467. The number of imide groups is 1. The van der Waals surface area contributed by atoms with Gasteiger partial charge in [-0.15, -0.1) is 0 Å². The van der Waals surface area contributed by atoms with Gasteiger partial charge in [-0.2, -0.15) is 0 Å². The summed E-state index contributed by atoms with van der Waals surface area (Å²) in [4.78, 5) is 24.4. The molecular formula is C15H20N2O3. The van der Waals surface area contributed by atoms with Crippen molar-refractivity contribution in [1.29, 1.82) is 0 Å². The lowest BCUT2D eigenvalue weighted by Crippen LogP contribution is -2.51. The highest BCUT2D eigenvalue weighted by Crippen LogP contribution is 2.11. The van der Waals surface area contributed by atoms with Gasteiger partial charge in [0, 0.05) is 13.5 Å². The van der Waals surface area contributed by atoms with E-state index < -0.39 is 0 Å². The number of nitrogens with zero attached hydrogens (tertiary/aromatic N) is 1. The minimum absolute atomic E-state index is 0.0968. The summed E-state index contributed by atoms with van der Waals surface area (Å²) in [7, 11) is 1.54. The summed E-state index contributed by atoms with van der Waals surface area (Å²) in [5, 5.41) is 3.19. The highest BCUT2D eigenvalue weighted by molar-refractivity contribution is 6.00. The number of ether oxygens (including phenoxy) is 1. The van der Waals surface area contributed by atoms with Crippen LogP contribution in [0, 0.1) is 0 Å². The van der Waals surface area contributed by atoms with Gasteiger partial charge in [0.1, 0.15) is 5.75 Å². The summed E-state index contributed by atoms with van der Waals surface area (Å²) >= 11 is 0. The molecule has 20 heavy (non-hydrogen) atoms. The lowest BCUT2D eigenvalue weighted by atomic mass is 10.0. The predicted octanol–water partition coefficient (Wildman–Crippen LogP) is 1.19. The van der Waals surface area contributed by atoms with Crippen LogP contribution in [0.4, 0.5) is 0 Å².